The SMILES string of the molecule is NC(=O)c1sc2nccc(N3CCCC(COCCN4CCOC4=O)C3)c2c1N. The third-order valence-corrected chi connectivity index (χ3v) is 6.52. The molecule has 10 heteroatoms. The van der Waals surface area contributed by atoms with Crippen molar-refractivity contribution in [2.75, 3.05) is 56.6 Å². The summed E-state index contributed by atoms with van der Waals surface area (Å²) >= 11 is 1.24. The number of rotatable bonds is 7. The van der Waals surface area contributed by atoms with Crippen LogP contribution in [0.4, 0.5) is 16.2 Å². The number of nitrogen functional groups attached to an aromatic ring is 1. The van der Waals surface area contributed by atoms with Gasteiger partial charge < -0.3 is 30.7 Å². The zero-order valence-corrected chi connectivity index (χ0v) is 17.0. The molecule has 2 saturated heterocycles. The van der Waals surface area contributed by atoms with E-state index in [9.17, 15) is 9.59 Å². The minimum Gasteiger partial charge on any atom is -0.448 e. The second kappa shape index (κ2) is 8.42. The molecule has 156 valence electrons. The lowest BCUT2D eigenvalue weighted by atomic mass is 9.98. The highest BCUT2D eigenvalue weighted by atomic mass is 32.1. The van der Waals surface area contributed by atoms with E-state index in [0.717, 1.165) is 41.8 Å². The van der Waals surface area contributed by atoms with Crippen molar-refractivity contribution < 1.29 is 19.1 Å². The number of ether oxygens (including phenoxy) is 2. The van der Waals surface area contributed by atoms with Crippen LogP contribution in [0.5, 0.6) is 0 Å². The zero-order valence-electron chi connectivity index (χ0n) is 16.1. The average Bonchev–Trinajstić information content (AvgIpc) is 3.28. The molecule has 2 amide bonds. The van der Waals surface area contributed by atoms with Crippen LogP contribution >= 0.6 is 11.3 Å². The number of piperidine rings is 1. The molecule has 0 bridgehead atoms. The summed E-state index contributed by atoms with van der Waals surface area (Å²) in [6.07, 6.45) is 3.61. The molecule has 4 N–H and O–H groups in total. The van der Waals surface area contributed by atoms with Gasteiger partial charge in [0.15, 0.2) is 0 Å². The van der Waals surface area contributed by atoms with E-state index in [1.807, 2.05) is 6.07 Å². The Balaban J connectivity index is 1.39. The van der Waals surface area contributed by atoms with Crippen LogP contribution in [0.2, 0.25) is 0 Å². The van der Waals surface area contributed by atoms with Gasteiger partial charge in [-0.25, -0.2) is 9.78 Å². The number of carbonyl (C=O) groups is 2. The quantitative estimate of drug-likeness (QED) is 0.654. The maximum atomic E-state index is 11.7. The van der Waals surface area contributed by atoms with E-state index < -0.39 is 5.91 Å². The van der Waals surface area contributed by atoms with Crippen LogP contribution in [-0.2, 0) is 9.47 Å². The van der Waals surface area contributed by atoms with Gasteiger partial charge in [0.05, 0.1) is 36.5 Å². The van der Waals surface area contributed by atoms with Crippen LogP contribution < -0.4 is 16.4 Å². The fraction of sp³-hybridized carbons (Fsp3) is 0.526. The number of fused-ring (bicyclic) bond motifs is 1. The van der Waals surface area contributed by atoms with Crippen molar-refractivity contribution in [2.45, 2.75) is 12.8 Å². The number of aromatic nitrogens is 1. The minimum atomic E-state index is -0.525. The molecule has 0 saturated carbocycles. The molecule has 2 aliphatic heterocycles. The highest BCUT2D eigenvalue weighted by Gasteiger charge is 2.25. The Morgan fingerprint density at radius 1 is 1.41 bits per heavy atom. The predicted octanol–water partition coefficient (Wildman–Crippen LogP) is 1.66. The molecule has 0 aliphatic carbocycles. The summed E-state index contributed by atoms with van der Waals surface area (Å²) < 4.78 is 10.8. The lowest BCUT2D eigenvalue weighted by Gasteiger charge is -2.34. The summed E-state index contributed by atoms with van der Waals surface area (Å²) in [7, 11) is 0. The summed E-state index contributed by atoms with van der Waals surface area (Å²) in [5.74, 6) is -0.142. The first kappa shape index (κ1) is 19.7. The molecule has 4 heterocycles. The molecule has 4 rings (SSSR count). The molecule has 2 aromatic rings. The van der Waals surface area contributed by atoms with E-state index in [1.54, 1.807) is 11.1 Å². The van der Waals surface area contributed by atoms with Gasteiger partial charge in [-0.1, -0.05) is 0 Å². The molecular weight excluding hydrogens is 394 g/mol. The summed E-state index contributed by atoms with van der Waals surface area (Å²) in [6, 6.07) is 1.94. The van der Waals surface area contributed by atoms with Crippen molar-refractivity contribution in [1.29, 1.82) is 0 Å². The topological polar surface area (TPSA) is 124 Å². The zero-order chi connectivity index (χ0) is 20.4. The Morgan fingerprint density at radius 2 is 2.28 bits per heavy atom. The van der Waals surface area contributed by atoms with E-state index >= 15 is 0 Å². The first-order valence-electron chi connectivity index (χ1n) is 9.75. The number of amides is 2. The van der Waals surface area contributed by atoms with E-state index in [-0.39, 0.29) is 6.09 Å². The summed E-state index contributed by atoms with van der Waals surface area (Å²) in [4.78, 5) is 32.5. The van der Waals surface area contributed by atoms with Gasteiger partial charge in [-0.3, -0.25) is 4.79 Å². The first-order valence-corrected chi connectivity index (χ1v) is 10.6. The maximum Gasteiger partial charge on any atom is 0.410 e. The molecule has 2 aliphatic rings. The number of hydrogen-bond acceptors (Lipinski definition) is 8. The van der Waals surface area contributed by atoms with E-state index in [4.69, 9.17) is 20.9 Å². The number of carbonyl (C=O) groups excluding carboxylic acids is 2. The van der Waals surface area contributed by atoms with Gasteiger partial charge in [0.1, 0.15) is 16.3 Å². The van der Waals surface area contributed by atoms with Crippen molar-refractivity contribution >= 4 is 44.9 Å². The number of hydrogen-bond donors (Lipinski definition) is 2. The number of anilines is 2. The first-order chi connectivity index (χ1) is 14.0. The van der Waals surface area contributed by atoms with Crippen molar-refractivity contribution in [3.63, 3.8) is 0 Å². The van der Waals surface area contributed by atoms with Gasteiger partial charge in [0, 0.05) is 25.8 Å². The average molecular weight is 420 g/mol. The lowest BCUT2D eigenvalue weighted by Crippen LogP contribution is -2.38. The molecule has 1 unspecified atom stereocenters. The smallest absolute Gasteiger partial charge is 0.410 e. The third kappa shape index (κ3) is 4.08. The van der Waals surface area contributed by atoms with Gasteiger partial charge in [0.25, 0.3) is 5.91 Å². The Morgan fingerprint density at radius 3 is 3.03 bits per heavy atom. The van der Waals surface area contributed by atoms with E-state index in [2.05, 4.69) is 9.88 Å². The van der Waals surface area contributed by atoms with E-state index in [0.29, 0.717) is 49.4 Å². The van der Waals surface area contributed by atoms with Crippen LogP contribution in [0.15, 0.2) is 12.3 Å². The molecule has 9 nitrogen and oxygen atoms in total. The number of primary amides is 1. The fourth-order valence-electron chi connectivity index (χ4n) is 3.95. The van der Waals surface area contributed by atoms with Crippen LogP contribution in [0.1, 0.15) is 22.5 Å². The molecular formula is C19H25N5O4S. The van der Waals surface area contributed by atoms with Crippen LogP contribution in [-0.4, -0.2) is 67.9 Å². The van der Waals surface area contributed by atoms with Gasteiger partial charge in [0.2, 0.25) is 0 Å². The van der Waals surface area contributed by atoms with Crippen LogP contribution in [0, 0.1) is 5.92 Å². The molecule has 2 fully saturated rings. The van der Waals surface area contributed by atoms with E-state index in [1.165, 1.54) is 11.3 Å². The van der Waals surface area contributed by atoms with Gasteiger partial charge >= 0.3 is 6.09 Å². The molecule has 0 aromatic carbocycles. The summed E-state index contributed by atoms with van der Waals surface area (Å²) in [5.41, 5.74) is 13.1. The largest absolute Gasteiger partial charge is 0.448 e. The second-order valence-electron chi connectivity index (χ2n) is 7.35. The third-order valence-electron chi connectivity index (χ3n) is 5.39. The van der Waals surface area contributed by atoms with Gasteiger partial charge in [-0.15, -0.1) is 11.3 Å². The summed E-state index contributed by atoms with van der Waals surface area (Å²) in [6.45, 7) is 4.54. The van der Waals surface area contributed by atoms with Gasteiger partial charge in [-0.05, 0) is 24.8 Å². The fourth-order valence-corrected chi connectivity index (χ4v) is 4.88. The normalized spacial score (nSPS) is 19.7. The Bertz CT molecular complexity index is 917. The van der Waals surface area contributed by atoms with Crippen molar-refractivity contribution in [1.82, 2.24) is 9.88 Å². The monoisotopic (exact) mass is 419 g/mol. The Kier molecular flexibility index (Phi) is 5.72. The van der Waals surface area contributed by atoms with Crippen molar-refractivity contribution in [2.24, 2.45) is 11.7 Å². The summed E-state index contributed by atoms with van der Waals surface area (Å²) in [5, 5.41) is 0.806. The lowest BCUT2D eigenvalue weighted by molar-refractivity contribution is 0.0796. The maximum absolute atomic E-state index is 11.7. The highest BCUT2D eigenvalue weighted by molar-refractivity contribution is 7.21. The standard InChI is InChI=1S/C19H25N5O4S/c20-15-14-13(3-4-22-18(14)29-16(15)17(21)25)24-5-1-2-12(10-24)11-27-8-6-23-7-9-28-19(23)26/h3-4,12H,1-2,5-11,20H2,(H2,21,25). The molecule has 1 atom stereocenters. The Hall–Kier alpha value is -2.59. The molecule has 0 radical (unpaired) electrons. The number of thiophene rings is 1. The van der Waals surface area contributed by atoms with Crippen LogP contribution in [0.25, 0.3) is 10.2 Å². The molecule has 2 aromatic heterocycles. The van der Waals surface area contributed by atoms with Crippen molar-refractivity contribution in [3.05, 3.63) is 17.1 Å². The predicted molar refractivity (Wildman–Crippen MR) is 111 cm³/mol. The van der Waals surface area contributed by atoms with Crippen molar-refractivity contribution in [3.8, 4) is 0 Å². The number of nitrogens with two attached hydrogens (primary N) is 2. The van der Waals surface area contributed by atoms with Gasteiger partial charge in [-0.2, -0.15) is 0 Å². The Labute approximate surface area is 172 Å². The second-order valence-corrected chi connectivity index (χ2v) is 8.35. The number of cyclic esters (lactones) is 1. The number of nitrogens with zero attached hydrogens (tertiary/aromatic N) is 3. The number of pyridine rings is 1. The van der Waals surface area contributed by atoms with Crippen LogP contribution in [0.3, 0.4) is 0 Å². The minimum absolute atomic E-state index is 0.261. The molecule has 29 heavy (non-hydrogen) atoms. The molecule has 0 spiro atoms. The highest BCUT2D eigenvalue weighted by Crippen LogP contribution is 2.39.